The second kappa shape index (κ2) is 9.09. The Morgan fingerprint density at radius 3 is 2.62 bits per heavy atom. The predicted molar refractivity (Wildman–Crippen MR) is 114 cm³/mol. The van der Waals surface area contributed by atoms with Crippen LogP contribution in [-0.4, -0.2) is 37.9 Å². The van der Waals surface area contributed by atoms with Gasteiger partial charge in [-0.25, -0.2) is 0 Å². The number of carbonyl (C=O) groups excluding carboxylic acids is 3. The topological polar surface area (TPSA) is 87.7 Å². The monoisotopic (exact) mass is 459 g/mol. The van der Waals surface area contributed by atoms with E-state index in [1.54, 1.807) is 30.2 Å². The summed E-state index contributed by atoms with van der Waals surface area (Å²) in [4.78, 5) is 38.6. The van der Waals surface area contributed by atoms with Gasteiger partial charge in [0.15, 0.2) is 0 Å². The van der Waals surface area contributed by atoms with Gasteiger partial charge in [-0.2, -0.15) is 0 Å². The highest BCUT2D eigenvalue weighted by Crippen LogP contribution is 2.33. The quantitative estimate of drug-likeness (QED) is 0.694. The molecular weight excluding hydrogens is 438 g/mol. The maximum absolute atomic E-state index is 12.5. The highest BCUT2D eigenvalue weighted by Gasteiger charge is 2.36. The fourth-order valence-electron chi connectivity index (χ4n) is 3.18. The lowest BCUT2D eigenvalue weighted by Crippen LogP contribution is -2.38. The van der Waals surface area contributed by atoms with Crippen LogP contribution in [0.25, 0.3) is 0 Å². The standard InChI is InChI=1S/C21H22BrN3O4/c1-13-3-8-18(29-2)17(9-13)25-12-14(10-20(25)27)21(28)23-11-19(26)24-16-6-4-15(22)5-7-16/h3-9,14H,10-12H2,1-2H3,(H,23,28)(H,24,26). The lowest BCUT2D eigenvalue weighted by atomic mass is 10.1. The van der Waals surface area contributed by atoms with Gasteiger partial charge in [-0.1, -0.05) is 22.0 Å². The van der Waals surface area contributed by atoms with Gasteiger partial charge in [-0.05, 0) is 48.9 Å². The zero-order valence-corrected chi connectivity index (χ0v) is 17.8. The summed E-state index contributed by atoms with van der Waals surface area (Å²) in [5.41, 5.74) is 2.29. The highest BCUT2D eigenvalue weighted by molar-refractivity contribution is 9.10. The van der Waals surface area contributed by atoms with Gasteiger partial charge in [-0.3, -0.25) is 14.4 Å². The van der Waals surface area contributed by atoms with Crippen molar-refractivity contribution in [1.29, 1.82) is 0 Å². The molecule has 0 radical (unpaired) electrons. The van der Waals surface area contributed by atoms with Crippen molar-refractivity contribution in [2.75, 3.05) is 30.4 Å². The van der Waals surface area contributed by atoms with Crippen LogP contribution in [-0.2, 0) is 14.4 Å². The van der Waals surface area contributed by atoms with Crippen molar-refractivity contribution in [2.45, 2.75) is 13.3 Å². The Kier molecular flexibility index (Phi) is 6.53. The largest absolute Gasteiger partial charge is 0.495 e. The average Bonchev–Trinajstić information content (AvgIpc) is 3.09. The van der Waals surface area contributed by atoms with Crippen molar-refractivity contribution in [2.24, 2.45) is 5.92 Å². The molecule has 2 N–H and O–H groups in total. The van der Waals surface area contributed by atoms with Gasteiger partial charge >= 0.3 is 0 Å². The summed E-state index contributed by atoms with van der Waals surface area (Å²) in [5, 5.41) is 5.33. The molecule has 1 atom stereocenters. The number of methoxy groups -OCH3 is 1. The van der Waals surface area contributed by atoms with E-state index in [0.717, 1.165) is 10.0 Å². The molecule has 8 heteroatoms. The third-order valence-electron chi connectivity index (χ3n) is 4.67. The van der Waals surface area contributed by atoms with Crippen molar-refractivity contribution >= 4 is 45.0 Å². The lowest BCUT2D eigenvalue weighted by Gasteiger charge is -2.20. The molecule has 1 heterocycles. The van der Waals surface area contributed by atoms with E-state index in [-0.39, 0.29) is 37.2 Å². The van der Waals surface area contributed by atoms with Crippen LogP contribution in [0.2, 0.25) is 0 Å². The molecule has 2 aromatic carbocycles. The Bertz CT molecular complexity index is 930. The molecular formula is C21H22BrN3O4. The van der Waals surface area contributed by atoms with Gasteiger partial charge < -0.3 is 20.3 Å². The molecule has 0 aromatic heterocycles. The maximum Gasteiger partial charge on any atom is 0.243 e. The molecule has 0 bridgehead atoms. The molecule has 1 aliphatic rings. The van der Waals surface area contributed by atoms with Crippen molar-refractivity contribution in [3.8, 4) is 5.75 Å². The highest BCUT2D eigenvalue weighted by atomic mass is 79.9. The minimum atomic E-state index is -0.520. The number of ether oxygens (including phenoxy) is 1. The molecule has 1 aliphatic heterocycles. The van der Waals surface area contributed by atoms with Crippen molar-refractivity contribution in [3.05, 3.63) is 52.5 Å². The van der Waals surface area contributed by atoms with E-state index in [2.05, 4.69) is 26.6 Å². The number of benzene rings is 2. The van der Waals surface area contributed by atoms with E-state index in [1.165, 1.54) is 0 Å². The number of hydrogen-bond donors (Lipinski definition) is 2. The van der Waals surface area contributed by atoms with Crippen LogP contribution in [0.3, 0.4) is 0 Å². The first-order valence-corrected chi connectivity index (χ1v) is 9.95. The second-order valence-corrected chi connectivity index (χ2v) is 7.77. The average molecular weight is 460 g/mol. The molecule has 0 saturated carbocycles. The molecule has 1 unspecified atom stereocenters. The number of anilines is 2. The fraction of sp³-hybridized carbons (Fsp3) is 0.286. The summed E-state index contributed by atoms with van der Waals surface area (Å²) < 4.78 is 6.26. The summed E-state index contributed by atoms with van der Waals surface area (Å²) >= 11 is 3.33. The Labute approximate surface area is 177 Å². The van der Waals surface area contributed by atoms with Crippen molar-refractivity contribution in [1.82, 2.24) is 5.32 Å². The number of hydrogen-bond acceptors (Lipinski definition) is 4. The number of aryl methyl sites for hydroxylation is 1. The first-order valence-electron chi connectivity index (χ1n) is 9.15. The predicted octanol–water partition coefficient (Wildman–Crippen LogP) is 2.87. The van der Waals surface area contributed by atoms with Crippen LogP contribution in [0.5, 0.6) is 5.75 Å². The summed E-state index contributed by atoms with van der Waals surface area (Å²) in [5.74, 6) is -0.735. The number of nitrogens with zero attached hydrogens (tertiary/aromatic N) is 1. The van der Waals surface area contributed by atoms with Crippen LogP contribution in [0.15, 0.2) is 46.9 Å². The van der Waals surface area contributed by atoms with Crippen LogP contribution in [0, 0.1) is 12.8 Å². The zero-order valence-electron chi connectivity index (χ0n) is 16.2. The Morgan fingerprint density at radius 2 is 1.93 bits per heavy atom. The van der Waals surface area contributed by atoms with Crippen LogP contribution in [0.1, 0.15) is 12.0 Å². The summed E-state index contributed by atoms with van der Waals surface area (Å²) in [6, 6.07) is 12.7. The Hall–Kier alpha value is -2.87. The first kappa shape index (κ1) is 20.9. The molecule has 1 fully saturated rings. The molecule has 0 spiro atoms. The van der Waals surface area contributed by atoms with E-state index in [0.29, 0.717) is 17.1 Å². The van der Waals surface area contributed by atoms with E-state index in [9.17, 15) is 14.4 Å². The third-order valence-corrected chi connectivity index (χ3v) is 5.20. The van der Waals surface area contributed by atoms with E-state index in [4.69, 9.17) is 4.74 Å². The van der Waals surface area contributed by atoms with Crippen molar-refractivity contribution < 1.29 is 19.1 Å². The van der Waals surface area contributed by atoms with Gasteiger partial charge in [0.1, 0.15) is 5.75 Å². The van der Waals surface area contributed by atoms with Crippen molar-refractivity contribution in [3.63, 3.8) is 0 Å². The molecule has 2 aromatic rings. The molecule has 1 saturated heterocycles. The fourth-order valence-corrected chi connectivity index (χ4v) is 3.44. The minimum Gasteiger partial charge on any atom is -0.495 e. The van der Waals surface area contributed by atoms with Gasteiger partial charge in [-0.15, -0.1) is 0 Å². The van der Waals surface area contributed by atoms with Gasteiger partial charge in [0.05, 0.1) is 25.3 Å². The lowest BCUT2D eigenvalue weighted by molar-refractivity contribution is -0.127. The maximum atomic E-state index is 12.5. The van der Waals surface area contributed by atoms with Gasteiger partial charge in [0, 0.05) is 23.1 Å². The number of nitrogens with one attached hydrogen (secondary N) is 2. The number of rotatable bonds is 6. The van der Waals surface area contributed by atoms with Crippen LogP contribution < -0.4 is 20.3 Å². The number of halogens is 1. The van der Waals surface area contributed by atoms with Crippen LogP contribution >= 0.6 is 15.9 Å². The van der Waals surface area contributed by atoms with Crippen LogP contribution in [0.4, 0.5) is 11.4 Å². The van der Waals surface area contributed by atoms with Gasteiger partial charge in [0.2, 0.25) is 17.7 Å². The first-order chi connectivity index (χ1) is 13.9. The SMILES string of the molecule is COc1ccc(C)cc1N1CC(C(=O)NCC(=O)Nc2ccc(Br)cc2)CC1=O. The Morgan fingerprint density at radius 1 is 1.21 bits per heavy atom. The smallest absolute Gasteiger partial charge is 0.243 e. The molecule has 3 rings (SSSR count). The van der Waals surface area contributed by atoms with E-state index < -0.39 is 5.92 Å². The normalized spacial score (nSPS) is 15.9. The molecule has 7 nitrogen and oxygen atoms in total. The Balaban J connectivity index is 1.57. The second-order valence-electron chi connectivity index (χ2n) is 6.85. The molecule has 152 valence electrons. The molecule has 3 amide bonds. The minimum absolute atomic E-state index is 0.0945. The third kappa shape index (κ3) is 5.14. The summed E-state index contributed by atoms with van der Waals surface area (Å²) in [6.07, 6.45) is 0.0945. The summed E-state index contributed by atoms with van der Waals surface area (Å²) in [6.45, 7) is 2.02. The molecule has 29 heavy (non-hydrogen) atoms. The van der Waals surface area contributed by atoms with E-state index >= 15 is 0 Å². The van der Waals surface area contributed by atoms with E-state index in [1.807, 2.05) is 31.2 Å². The zero-order chi connectivity index (χ0) is 21.0. The summed E-state index contributed by atoms with van der Waals surface area (Å²) in [7, 11) is 1.54. The number of carbonyl (C=O) groups is 3. The number of amides is 3. The van der Waals surface area contributed by atoms with Gasteiger partial charge in [0.25, 0.3) is 0 Å². The molecule has 0 aliphatic carbocycles.